The van der Waals surface area contributed by atoms with E-state index < -0.39 is 24.3 Å². The number of nitrogens with two attached hydrogens (primary N) is 2. The Morgan fingerprint density at radius 1 is 0.459 bits per heavy atom. The van der Waals surface area contributed by atoms with Gasteiger partial charge in [0.05, 0.1) is 24.3 Å². The minimum Gasteiger partial charge on any atom is -0.386 e. The highest BCUT2D eigenvalue weighted by atomic mass is 35.5. The van der Waals surface area contributed by atoms with Crippen LogP contribution in [0.5, 0.6) is 0 Å². The highest BCUT2D eigenvalue weighted by Gasteiger charge is 2.20. The van der Waals surface area contributed by atoms with Crippen LogP contribution in [-0.4, -0.2) is 10.2 Å². The molecule has 4 aromatic carbocycles. The summed E-state index contributed by atoms with van der Waals surface area (Å²) in [6, 6.07) is 27.3. The standard InChI is InChI=1S/2C14H13Cl2NO.CH4/c2*15-11-6-4-9(5-7-11)13(17)14(18)10-2-1-3-12(16)8-10;/h2*1-8,13-14,18H,17H2;1H4/t2*13-,14+;/m10./s1. The minimum atomic E-state index is -0.801. The van der Waals surface area contributed by atoms with E-state index in [0.29, 0.717) is 31.2 Å². The van der Waals surface area contributed by atoms with E-state index in [4.69, 9.17) is 57.9 Å². The molecular formula is C29H30Cl4N2O2. The number of aliphatic hydroxyl groups excluding tert-OH is 2. The van der Waals surface area contributed by atoms with E-state index in [-0.39, 0.29) is 7.43 Å². The van der Waals surface area contributed by atoms with Gasteiger partial charge in [-0.15, -0.1) is 0 Å². The first-order valence-corrected chi connectivity index (χ1v) is 12.6. The van der Waals surface area contributed by atoms with Crippen molar-refractivity contribution in [1.82, 2.24) is 0 Å². The van der Waals surface area contributed by atoms with E-state index in [0.717, 1.165) is 11.1 Å². The normalized spacial score (nSPS) is 13.8. The van der Waals surface area contributed by atoms with Crippen LogP contribution >= 0.6 is 46.4 Å². The van der Waals surface area contributed by atoms with Gasteiger partial charge in [0.2, 0.25) is 0 Å². The molecule has 0 fully saturated rings. The van der Waals surface area contributed by atoms with Gasteiger partial charge >= 0.3 is 0 Å². The number of hydrogen-bond donors (Lipinski definition) is 4. The summed E-state index contributed by atoms with van der Waals surface area (Å²) in [5.41, 5.74) is 15.1. The molecule has 0 aliphatic carbocycles. The Morgan fingerprint density at radius 3 is 1.08 bits per heavy atom. The van der Waals surface area contributed by atoms with Crippen molar-refractivity contribution < 1.29 is 10.2 Å². The second-order valence-electron chi connectivity index (χ2n) is 8.15. The zero-order valence-electron chi connectivity index (χ0n) is 19.1. The van der Waals surface area contributed by atoms with Crippen LogP contribution in [-0.2, 0) is 0 Å². The summed E-state index contributed by atoms with van der Waals surface area (Å²) in [4.78, 5) is 0. The molecule has 0 aromatic heterocycles. The summed E-state index contributed by atoms with van der Waals surface area (Å²) in [5.74, 6) is 0. The van der Waals surface area contributed by atoms with Crippen LogP contribution in [0.1, 0.15) is 54.0 Å². The van der Waals surface area contributed by atoms with Crippen LogP contribution in [0.2, 0.25) is 20.1 Å². The quantitative estimate of drug-likeness (QED) is 0.186. The van der Waals surface area contributed by atoms with Crippen molar-refractivity contribution >= 4 is 46.4 Å². The third kappa shape index (κ3) is 8.99. The van der Waals surface area contributed by atoms with Crippen LogP contribution in [0.15, 0.2) is 97.1 Å². The third-order valence-electron chi connectivity index (χ3n) is 5.57. The van der Waals surface area contributed by atoms with Gasteiger partial charge in [0.1, 0.15) is 0 Å². The van der Waals surface area contributed by atoms with Gasteiger partial charge in [-0.05, 0) is 70.8 Å². The molecule has 0 spiro atoms. The fraction of sp³-hybridized carbons (Fsp3) is 0.172. The van der Waals surface area contributed by atoms with Crippen molar-refractivity contribution in [3.8, 4) is 0 Å². The maximum atomic E-state index is 10.2. The molecule has 0 saturated carbocycles. The van der Waals surface area contributed by atoms with Gasteiger partial charge in [0, 0.05) is 20.1 Å². The molecule has 0 amide bonds. The molecule has 0 unspecified atom stereocenters. The predicted octanol–water partition coefficient (Wildman–Crippen LogP) is 8.09. The monoisotopic (exact) mass is 578 g/mol. The lowest BCUT2D eigenvalue weighted by Crippen LogP contribution is -2.19. The SMILES string of the molecule is C.N[C@@H](c1ccc(Cl)cc1)[C@H](O)c1cccc(Cl)c1.N[C@H](c1ccc(Cl)cc1)[C@@H](O)c1cccc(Cl)c1. The number of halogens is 4. The van der Waals surface area contributed by atoms with E-state index in [2.05, 4.69) is 0 Å². The Balaban J connectivity index is 0.000000253. The Hall–Kier alpha value is -2.12. The topological polar surface area (TPSA) is 92.5 Å². The van der Waals surface area contributed by atoms with Crippen molar-refractivity contribution in [2.45, 2.75) is 31.7 Å². The molecule has 8 heteroatoms. The van der Waals surface area contributed by atoms with Gasteiger partial charge in [-0.2, -0.15) is 0 Å². The summed E-state index contributed by atoms with van der Waals surface area (Å²) < 4.78 is 0. The van der Waals surface area contributed by atoms with Gasteiger partial charge in [-0.25, -0.2) is 0 Å². The van der Waals surface area contributed by atoms with E-state index >= 15 is 0 Å². The van der Waals surface area contributed by atoms with Crippen molar-refractivity contribution in [1.29, 1.82) is 0 Å². The molecule has 4 nitrogen and oxygen atoms in total. The number of aliphatic hydroxyl groups is 2. The Labute approximate surface area is 238 Å². The fourth-order valence-corrected chi connectivity index (χ4v) is 4.18. The molecule has 0 saturated heterocycles. The van der Waals surface area contributed by atoms with Gasteiger partial charge in [-0.1, -0.05) is 102 Å². The highest BCUT2D eigenvalue weighted by molar-refractivity contribution is 6.31. The van der Waals surface area contributed by atoms with Crippen molar-refractivity contribution in [2.75, 3.05) is 0 Å². The first-order valence-electron chi connectivity index (χ1n) is 11.0. The minimum absolute atomic E-state index is 0. The molecule has 6 N–H and O–H groups in total. The van der Waals surface area contributed by atoms with E-state index in [1.54, 1.807) is 97.1 Å². The van der Waals surface area contributed by atoms with E-state index in [9.17, 15) is 10.2 Å². The molecule has 4 rings (SSSR count). The van der Waals surface area contributed by atoms with Crippen LogP contribution in [0, 0.1) is 0 Å². The molecule has 0 aliphatic rings. The first kappa shape index (κ1) is 31.1. The zero-order valence-corrected chi connectivity index (χ0v) is 22.1. The summed E-state index contributed by atoms with van der Waals surface area (Å²) in [5, 5.41) is 22.9. The lowest BCUT2D eigenvalue weighted by Gasteiger charge is -2.19. The Bertz CT molecular complexity index is 1150. The molecule has 0 bridgehead atoms. The third-order valence-corrected chi connectivity index (χ3v) is 6.54. The average molecular weight is 580 g/mol. The maximum Gasteiger partial charge on any atom is 0.0983 e. The van der Waals surface area contributed by atoms with Crippen LogP contribution in [0.4, 0.5) is 0 Å². The molecular weight excluding hydrogens is 550 g/mol. The smallest absolute Gasteiger partial charge is 0.0983 e. The number of rotatable bonds is 6. The van der Waals surface area contributed by atoms with Gasteiger partial charge in [-0.3, -0.25) is 0 Å². The van der Waals surface area contributed by atoms with Crippen LogP contribution in [0.3, 0.4) is 0 Å². The molecule has 0 aliphatic heterocycles. The molecule has 4 aromatic rings. The fourth-order valence-electron chi connectivity index (χ4n) is 3.53. The van der Waals surface area contributed by atoms with Crippen LogP contribution in [0.25, 0.3) is 0 Å². The molecule has 0 heterocycles. The number of benzene rings is 4. The summed E-state index contributed by atoms with van der Waals surface area (Å²) in [6.07, 6.45) is -1.60. The largest absolute Gasteiger partial charge is 0.386 e. The predicted molar refractivity (Wildman–Crippen MR) is 156 cm³/mol. The van der Waals surface area contributed by atoms with Gasteiger partial charge in [0.25, 0.3) is 0 Å². The van der Waals surface area contributed by atoms with Crippen LogP contribution < -0.4 is 11.5 Å². The zero-order chi connectivity index (χ0) is 26.2. The second kappa shape index (κ2) is 14.7. The number of hydrogen-bond acceptors (Lipinski definition) is 4. The van der Waals surface area contributed by atoms with Crippen molar-refractivity contribution in [3.05, 3.63) is 139 Å². The summed E-state index contributed by atoms with van der Waals surface area (Å²) >= 11 is 23.4. The van der Waals surface area contributed by atoms with Crippen molar-refractivity contribution in [3.63, 3.8) is 0 Å². The maximum absolute atomic E-state index is 10.2. The average Bonchev–Trinajstić information content (AvgIpc) is 2.88. The lowest BCUT2D eigenvalue weighted by molar-refractivity contribution is 0.147. The Morgan fingerprint density at radius 2 is 0.784 bits per heavy atom. The highest BCUT2D eigenvalue weighted by Crippen LogP contribution is 2.30. The molecule has 4 atom stereocenters. The van der Waals surface area contributed by atoms with E-state index in [1.165, 1.54) is 0 Å². The Kier molecular flexibility index (Phi) is 12.4. The van der Waals surface area contributed by atoms with E-state index in [1.807, 2.05) is 0 Å². The van der Waals surface area contributed by atoms with Gasteiger partial charge < -0.3 is 21.7 Å². The molecule has 37 heavy (non-hydrogen) atoms. The molecule has 0 radical (unpaired) electrons. The second-order valence-corrected chi connectivity index (χ2v) is 9.90. The lowest BCUT2D eigenvalue weighted by atomic mass is 9.97. The van der Waals surface area contributed by atoms with Gasteiger partial charge in [0.15, 0.2) is 0 Å². The summed E-state index contributed by atoms with van der Waals surface area (Å²) in [6.45, 7) is 0. The molecule has 196 valence electrons. The van der Waals surface area contributed by atoms with Crippen molar-refractivity contribution in [2.24, 2.45) is 11.5 Å². The summed E-state index contributed by atoms with van der Waals surface area (Å²) in [7, 11) is 0. The first-order chi connectivity index (χ1) is 17.2.